The predicted octanol–water partition coefficient (Wildman–Crippen LogP) is 3.93. The number of amides is 3. The number of fused-ring (bicyclic) bond motifs is 1. The highest BCUT2D eigenvalue weighted by atomic mass is 16.2. The molecule has 29 heavy (non-hydrogen) atoms. The summed E-state index contributed by atoms with van der Waals surface area (Å²) in [7, 11) is 0. The van der Waals surface area contributed by atoms with E-state index in [-0.39, 0.29) is 18.0 Å². The molecule has 3 N–H and O–H groups in total. The lowest BCUT2D eigenvalue weighted by atomic mass is 10.1. The van der Waals surface area contributed by atoms with Crippen molar-refractivity contribution in [3.8, 4) is 0 Å². The maximum absolute atomic E-state index is 12.7. The molecule has 3 rings (SSSR count). The number of nitrogens with one attached hydrogen (secondary N) is 3. The zero-order chi connectivity index (χ0) is 20.8. The molecule has 0 radical (unpaired) electrons. The lowest BCUT2D eigenvalue weighted by Crippen LogP contribution is -2.34. The highest BCUT2D eigenvalue weighted by Gasteiger charge is 2.22. The third-order valence-corrected chi connectivity index (χ3v) is 5.25. The van der Waals surface area contributed by atoms with Gasteiger partial charge in [-0.3, -0.25) is 4.79 Å². The molecule has 1 atom stereocenters. The van der Waals surface area contributed by atoms with Crippen LogP contribution in [0, 0.1) is 6.92 Å². The van der Waals surface area contributed by atoms with E-state index in [1.165, 1.54) is 6.42 Å². The van der Waals surface area contributed by atoms with Gasteiger partial charge in [0.15, 0.2) is 5.82 Å². The van der Waals surface area contributed by atoms with Crippen molar-refractivity contribution < 1.29 is 9.59 Å². The van der Waals surface area contributed by atoms with Crippen LogP contribution in [0.3, 0.4) is 0 Å². The molecule has 1 aromatic heterocycles. The Morgan fingerprint density at radius 2 is 1.97 bits per heavy atom. The van der Waals surface area contributed by atoms with Gasteiger partial charge in [0, 0.05) is 30.8 Å². The van der Waals surface area contributed by atoms with Gasteiger partial charge in [0.05, 0.1) is 6.04 Å². The van der Waals surface area contributed by atoms with Crippen LogP contribution in [0.5, 0.6) is 0 Å². The van der Waals surface area contributed by atoms with E-state index in [0.717, 1.165) is 49.4 Å². The quantitative estimate of drug-likeness (QED) is 0.686. The summed E-state index contributed by atoms with van der Waals surface area (Å²) in [6.45, 7) is 6.63. The Morgan fingerprint density at radius 3 is 2.72 bits per heavy atom. The molecule has 3 amide bonds. The van der Waals surface area contributed by atoms with Crippen molar-refractivity contribution in [3.63, 3.8) is 0 Å². The largest absolute Gasteiger partial charge is 0.328 e. The van der Waals surface area contributed by atoms with Gasteiger partial charge in [-0.15, -0.1) is 10.2 Å². The molecule has 2 heterocycles. The van der Waals surface area contributed by atoms with Gasteiger partial charge in [0.2, 0.25) is 5.91 Å². The van der Waals surface area contributed by atoms with Crippen LogP contribution in [0.4, 0.5) is 16.2 Å². The maximum atomic E-state index is 12.7. The second kappa shape index (κ2) is 9.54. The molecule has 0 saturated heterocycles. The molecule has 2 aromatic rings. The number of rotatable bonds is 6. The van der Waals surface area contributed by atoms with Crippen LogP contribution in [-0.4, -0.2) is 26.7 Å². The van der Waals surface area contributed by atoms with Gasteiger partial charge >= 0.3 is 6.03 Å². The fraction of sp³-hybridized carbons (Fsp3) is 0.524. The Balaban J connectivity index is 1.70. The van der Waals surface area contributed by atoms with Crippen LogP contribution in [0.2, 0.25) is 0 Å². The van der Waals surface area contributed by atoms with E-state index in [9.17, 15) is 9.59 Å². The standard InChI is InChI=1S/C21H30N6O2/c1-4-16(20-26-25-18-9-7-6-8-12-27(18)20)23-21(29)24-17-13-15(11-10-14(17)3)22-19(28)5-2/h10-11,13,16H,4-9,12H2,1-3H3,(H,22,28)(H2,23,24,29). The molecule has 8 nitrogen and oxygen atoms in total. The molecule has 1 unspecified atom stereocenters. The van der Waals surface area contributed by atoms with Crippen LogP contribution in [0.1, 0.15) is 69.2 Å². The van der Waals surface area contributed by atoms with Gasteiger partial charge in [0.1, 0.15) is 5.82 Å². The summed E-state index contributed by atoms with van der Waals surface area (Å²) in [6, 6.07) is 4.96. The highest BCUT2D eigenvalue weighted by molar-refractivity contribution is 5.94. The van der Waals surface area contributed by atoms with Gasteiger partial charge in [-0.25, -0.2) is 4.79 Å². The summed E-state index contributed by atoms with van der Waals surface area (Å²) in [5.41, 5.74) is 2.23. The van der Waals surface area contributed by atoms with E-state index in [1.54, 1.807) is 13.0 Å². The van der Waals surface area contributed by atoms with Gasteiger partial charge in [-0.2, -0.15) is 0 Å². The van der Waals surface area contributed by atoms with Gasteiger partial charge in [-0.05, 0) is 43.9 Å². The summed E-state index contributed by atoms with van der Waals surface area (Å²) in [6.07, 6.45) is 5.49. The van der Waals surface area contributed by atoms with Crippen molar-refractivity contribution in [2.24, 2.45) is 0 Å². The average molecular weight is 399 g/mol. The molecule has 0 fully saturated rings. The number of aromatic nitrogens is 3. The van der Waals surface area contributed by atoms with Crippen molar-refractivity contribution in [3.05, 3.63) is 35.4 Å². The van der Waals surface area contributed by atoms with E-state index in [0.29, 0.717) is 17.8 Å². The Morgan fingerprint density at radius 1 is 1.14 bits per heavy atom. The summed E-state index contributed by atoms with van der Waals surface area (Å²) < 4.78 is 2.16. The lowest BCUT2D eigenvalue weighted by Gasteiger charge is -2.19. The first-order valence-electron chi connectivity index (χ1n) is 10.4. The molecule has 0 spiro atoms. The summed E-state index contributed by atoms with van der Waals surface area (Å²) in [4.78, 5) is 24.3. The van der Waals surface area contributed by atoms with Crippen molar-refractivity contribution >= 4 is 23.3 Å². The van der Waals surface area contributed by atoms with Crippen LogP contribution in [0.15, 0.2) is 18.2 Å². The minimum Gasteiger partial charge on any atom is -0.328 e. The summed E-state index contributed by atoms with van der Waals surface area (Å²) in [5, 5.41) is 17.4. The van der Waals surface area contributed by atoms with Gasteiger partial charge < -0.3 is 20.5 Å². The van der Waals surface area contributed by atoms with Gasteiger partial charge in [0.25, 0.3) is 0 Å². The van der Waals surface area contributed by atoms with E-state index < -0.39 is 0 Å². The first kappa shape index (κ1) is 20.8. The smallest absolute Gasteiger partial charge is 0.319 e. The zero-order valence-corrected chi connectivity index (χ0v) is 17.4. The monoisotopic (exact) mass is 398 g/mol. The van der Waals surface area contributed by atoms with Crippen molar-refractivity contribution in [1.29, 1.82) is 0 Å². The number of carbonyl (C=O) groups excluding carboxylic acids is 2. The molecule has 8 heteroatoms. The third-order valence-electron chi connectivity index (χ3n) is 5.25. The van der Waals surface area contributed by atoms with E-state index in [1.807, 2.05) is 26.0 Å². The normalized spacial score (nSPS) is 14.4. The Labute approximate surface area is 171 Å². The topological polar surface area (TPSA) is 101 Å². The van der Waals surface area contributed by atoms with Crippen molar-refractivity contribution in [1.82, 2.24) is 20.1 Å². The second-order valence-electron chi connectivity index (χ2n) is 7.43. The predicted molar refractivity (Wildman–Crippen MR) is 113 cm³/mol. The number of urea groups is 1. The van der Waals surface area contributed by atoms with Crippen LogP contribution in [0.25, 0.3) is 0 Å². The maximum Gasteiger partial charge on any atom is 0.319 e. The summed E-state index contributed by atoms with van der Waals surface area (Å²) >= 11 is 0. The van der Waals surface area contributed by atoms with E-state index in [2.05, 4.69) is 30.7 Å². The third kappa shape index (κ3) is 5.13. The van der Waals surface area contributed by atoms with Crippen LogP contribution in [-0.2, 0) is 17.8 Å². The van der Waals surface area contributed by atoms with Crippen LogP contribution < -0.4 is 16.0 Å². The Bertz CT molecular complexity index is 876. The molecule has 1 aliphatic rings. The zero-order valence-electron chi connectivity index (χ0n) is 17.4. The van der Waals surface area contributed by atoms with Crippen molar-refractivity contribution in [2.75, 3.05) is 10.6 Å². The average Bonchev–Trinajstić information content (AvgIpc) is 2.96. The highest BCUT2D eigenvalue weighted by Crippen LogP contribution is 2.23. The number of nitrogens with zero attached hydrogens (tertiary/aromatic N) is 3. The fourth-order valence-electron chi connectivity index (χ4n) is 3.51. The molecule has 0 bridgehead atoms. The number of hydrogen-bond donors (Lipinski definition) is 3. The fourth-order valence-corrected chi connectivity index (χ4v) is 3.51. The second-order valence-corrected chi connectivity index (χ2v) is 7.43. The number of anilines is 2. The SMILES string of the molecule is CCC(=O)Nc1ccc(C)c(NC(=O)NC(CC)c2nnc3n2CCCCC3)c1. The first-order chi connectivity index (χ1) is 14.0. The van der Waals surface area contributed by atoms with Crippen LogP contribution >= 0.6 is 0 Å². The minimum absolute atomic E-state index is 0.0669. The number of benzene rings is 1. The number of hydrogen-bond acceptors (Lipinski definition) is 4. The molecule has 0 aliphatic carbocycles. The molecule has 156 valence electrons. The van der Waals surface area contributed by atoms with E-state index in [4.69, 9.17) is 0 Å². The lowest BCUT2D eigenvalue weighted by molar-refractivity contribution is -0.115. The number of carbonyl (C=O) groups is 2. The summed E-state index contributed by atoms with van der Waals surface area (Å²) in [5.74, 6) is 1.76. The molecular weight excluding hydrogens is 368 g/mol. The molecular formula is C21H30N6O2. The first-order valence-corrected chi connectivity index (χ1v) is 10.4. The Kier molecular flexibility index (Phi) is 6.85. The molecule has 1 aromatic carbocycles. The van der Waals surface area contributed by atoms with E-state index >= 15 is 0 Å². The molecule has 1 aliphatic heterocycles. The minimum atomic E-state index is -0.301. The number of aryl methyl sites for hydroxylation is 2. The van der Waals surface area contributed by atoms with Crippen molar-refractivity contribution in [2.45, 2.75) is 71.9 Å². The van der Waals surface area contributed by atoms with Gasteiger partial charge in [-0.1, -0.05) is 26.3 Å². The Hall–Kier alpha value is -2.90. The molecule has 0 saturated carbocycles.